The van der Waals surface area contributed by atoms with E-state index in [1.165, 1.54) is 36.9 Å². The number of nitrogens with two attached hydrogens (primary N) is 1. The van der Waals surface area contributed by atoms with Gasteiger partial charge in [0.05, 0.1) is 0 Å². The molecular weight excluding hydrogens is 220 g/mol. The van der Waals surface area contributed by atoms with Crippen LogP contribution in [0.1, 0.15) is 49.3 Å². The van der Waals surface area contributed by atoms with Crippen LogP contribution in [0.5, 0.6) is 0 Å². The smallest absolute Gasteiger partial charge is 0.0320 e. The van der Waals surface area contributed by atoms with Gasteiger partial charge in [0, 0.05) is 18.8 Å². The fourth-order valence-corrected chi connectivity index (χ4v) is 4.17. The SMILES string of the molecule is CN1Cc2cc(N)cc3c2C(CCC3)C(C)(C)C1. The average Bonchev–Trinajstić information content (AvgIpc) is 2.34. The highest BCUT2D eigenvalue weighted by Crippen LogP contribution is 2.48. The summed E-state index contributed by atoms with van der Waals surface area (Å²) in [5.74, 6) is 0.710. The maximum absolute atomic E-state index is 6.07. The lowest BCUT2D eigenvalue weighted by Gasteiger charge is -2.38. The summed E-state index contributed by atoms with van der Waals surface area (Å²) in [5, 5.41) is 0. The molecule has 0 spiro atoms. The van der Waals surface area contributed by atoms with Crippen molar-refractivity contribution >= 4 is 5.69 Å². The van der Waals surface area contributed by atoms with E-state index in [4.69, 9.17) is 5.73 Å². The Morgan fingerprint density at radius 3 is 2.78 bits per heavy atom. The Morgan fingerprint density at radius 2 is 2.00 bits per heavy atom. The molecule has 1 aromatic rings. The van der Waals surface area contributed by atoms with E-state index < -0.39 is 0 Å². The van der Waals surface area contributed by atoms with Crippen molar-refractivity contribution in [2.45, 2.75) is 45.6 Å². The van der Waals surface area contributed by atoms with E-state index >= 15 is 0 Å². The van der Waals surface area contributed by atoms with Crippen molar-refractivity contribution in [3.05, 3.63) is 28.8 Å². The number of hydrogen-bond donors (Lipinski definition) is 1. The molecule has 1 aliphatic carbocycles. The molecule has 0 saturated carbocycles. The molecule has 2 heteroatoms. The van der Waals surface area contributed by atoms with E-state index in [2.05, 4.69) is 37.9 Å². The molecule has 0 amide bonds. The Bertz CT molecular complexity index is 476. The monoisotopic (exact) mass is 244 g/mol. The van der Waals surface area contributed by atoms with Crippen molar-refractivity contribution in [2.24, 2.45) is 5.41 Å². The molecular formula is C16H24N2. The summed E-state index contributed by atoms with van der Waals surface area (Å²) in [6, 6.07) is 4.42. The quantitative estimate of drug-likeness (QED) is 0.710. The first kappa shape index (κ1) is 12.0. The number of nitrogens with zero attached hydrogens (tertiary/aromatic N) is 1. The molecule has 1 atom stereocenters. The predicted molar refractivity (Wildman–Crippen MR) is 76.6 cm³/mol. The van der Waals surface area contributed by atoms with Crippen molar-refractivity contribution in [3.8, 4) is 0 Å². The van der Waals surface area contributed by atoms with Gasteiger partial charge in [-0.15, -0.1) is 0 Å². The number of nitrogen functional groups attached to an aromatic ring is 1. The highest BCUT2D eigenvalue weighted by atomic mass is 15.1. The molecule has 1 unspecified atom stereocenters. The van der Waals surface area contributed by atoms with Gasteiger partial charge in [0.25, 0.3) is 0 Å². The minimum absolute atomic E-state index is 0.366. The van der Waals surface area contributed by atoms with Crippen molar-refractivity contribution in [2.75, 3.05) is 19.3 Å². The van der Waals surface area contributed by atoms with Gasteiger partial charge in [0.2, 0.25) is 0 Å². The molecule has 0 aromatic heterocycles. The van der Waals surface area contributed by atoms with Crippen LogP contribution in [0.3, 0.4) is 0 Å². The van der Waals surface area contributed by atoms with E-state index in [9.17, 15) is 0 Å². The van der Waals surface area contributed by atoms with Crippen LogP contribution in [0.2, 0.25) is 0 Å². The minimum Gasteiger partial charge on any atom is -0.399 e. The molecule has 98 valence electrons. The van der Waals surface area contributed by atoms with Gasteiger partial charge < -0.3 is 10.6 Å². The van der Waals surface area contributed by atoms with E-state index in [0.29, 0.717) is 11.3 Å². The standard InChI is InChI=1S/C16H24N2/c1-16(2)10-18(3)9-12-8-13(17)7-11-5-4-6-14(16)15(11)12/h7-8,14H,4-6,9-10,17H2,1-3H3. The molecule has 1 aliphatic heterocycles. The topological polar surface area (TPSA) is 29.3 Å². The number of aryl methyl sites for hydroxylation is 1. The molecule has 0 fully saturated rings. The third kappa shape index (κ3) is 1.83. The van der Waals surface area contributed by atoms with Crippen molar-refractivity contribution < 1.29 is 0 Å². The van der Waals surface area contributed by atoms with Gasteiger partial charge in [-0.3, -0.25) is 0 Å². The van der Waals surface area contributed by atoms with Gasteiger partial charge in [-0.2, -0.15) is 0 Å². The van der Waals surface area contributed by atoms with Crippen LogP contribution in [0.4, 0.5) is 5.69 Å². The Labute approximate surface area is 110 Å². The molecule has 2 aliphatic rings. The third-order valence-electron chi connectivity index (χ3n) is 4.72. The average molecular weight is 244 g/mol. The Kier molecular flexibility index (Phi) is 2.67. The first-order valence-electron chi connectivity index (χ1n) is 7.07. The lowest BCUT2D eigenvalue weighted by molar-refractivity contribution is 0.175. The van der Waals surface area contributed by atoms with Crippen molar-refractivity contribution in [1.29, 1.82) is 0 Å². The fourth-order valence-electron chi connectivity index (χ4n) is 4.17. The first-order valence-corrected chi connectivity index (χ1v) is 7.07. The summed E-state index contributed by atoms with van der Waals surface area (Å²) in [4.78, 5) is 2.45. The summed E-state index contributed by atoms with van der Waals surface area (Å²) >= 11 is 0. The normalized spacial score (nSPS) is 26.5. The van der Waals surface area contributed by atoms with Crippen LogP contribution in [0.15, 0.2) is 12.1 Å². The van der Waals surface area contributed by atoms with Gasteiger partial charge in [0.15, 0.2) is 0 Å². The Hall–Kier alpha value is -1.02. The molecule has 1 aromatic carbocycles. The second kappa shape index (κ2) is 3.99. The molecule has 2 N–H and O–H groups in total. The van der Waals surface area contributed by atoms with Crippen LogP contribution in [0, 0.1) is 5.41 Å². The summed E-state index contributed by atoms with van der Waals surface area (Å²) in [5.41, 5.74) is 12.0. The van der Waals surface area contributed by atoms with Crippen LogP contribution in [-0.2, 0) is 13.0 Å². The minimum atomic E-state index is 0.366. The number of benzene rings is 1. The zero-order valence-electron chi connectivity index (χ0n) is 11.8. The van der Waals surface area contributed by atoms with Crippen molar-refractivity contribution in [1.82, 2.24) is 4.90 Å². The molecule has 1 heterocycles. The molecule has 0 saturated heterocycles. The summed E-state index contributed by atoms with van der Waals surface area (Å²) in [6.45, 7) is 7.07. The zero-order valence-corrected chi connectivity index (χ0v) is 11.8. The fraction of sp³-hybridized carbons (Fsp3) is 0.625. The van der Waals surface area contributed by atoms with Gasteiger partial charge in [-0.25, -0.2) is 0 Å². The zero-order chi connectivity index (χ0) is 12.9. The number of rotatable bonds is 0. The van der Waals surface area contributed by atoms with Gasteiger partial charge in [-0.05, 0) is 66.5 Å². The number of hydrogen-bond acceptors (Lipinski definition) is 2. The molecule has 0 radical (unpaired) electrons. The highest BCUT2D eigenvalue weighted by molar-refractivity contribution is 5.52. The number of anilines is 1. The summed E-state index contributed by atoms with van der Waals surface area (Å²) in [7, 11) is 2.23. The maximum Gasteiger partial charge on any atom is 0.0320 e. The second-order valence-corrected chi connectivity index (χ2v) is 6.86. The second-order valence-electron chi connectivity index (χ2n) is 6.86. The van der Waals surface area contributed by atoms with Crippen LogP contribution < -0.4 is 5.73 Å². The van der Waals surface area contributed by atoms with Crippen molar-refractivity contribution in [3.63, 3.8) is 0 Å². The van der Waals surface area contributed by atoms with Gasteiger partial charge in [-0.1, -0.05) is 13.8 Å². The maximum atomic E-state index is 6.07. The molecule has 3 rings (SSSR count). The molecule has 0 bridgehead atoms. The van der Waals surface area contributed by atoms with Crippen LogP contribution in [-0.4, -0.2) is 18.5 Å². The van der Waals surface area contributed by atoms with Crippen LogP contribution >= 0.6 is 0 Å². The molecule has 18 heavy (non-hydrogen) atoms. The lowest BCUT2D eigenvalue weighted by atomic mass is 9.67. The third-order valence-corrected chi connectivity index (χ3v) is 4.72. The van der Waals surface area contributed by atoms with E-state index in [1.807, 2.05) is 0 Å². The Balaban J connectivity index is 2.20. The summed E-state index contributed by atoms with van der Waals surface area (Å²) < 4.78 is 0. The van der Waals surface area contributed by atoms with E-state index in [1.54, 1.807) is 5.56 Å². The largest absolute Gasteiger partial charge is 0.399 e. The Morgan fingerprint density at radius 1 is 1.28 bits per heavy atom. The first-order chi connectivity index (χ1) is 8.47. The molecule has 2 nitrogen and oxygen atoms in total. The van der Waals surface area contributed by atoms with E-state index in [-0.39, 0.29) is 0 Å². The van der Waals surface area contributed by atoms with E-state index in [0.717, 1.165) is 12.2 Å². The van der Waals surface area contributed by atoms with Gasteiger partial charge in [0.1, 0.15) is 0 Å². The van der Waals surface area contributed by atoms with Gasteiger partial charge >= 0.3 is 0 Å². The predicted octanol–water partition coefficient (Wildman–Crippen LogP) is 3.16. The lowest BCUT2D eigenvalue weighted by Crippen LogP contribution is -2.33. The summed E-state index contributed by atoms with van der Waals surface area (Å²) in [6.07, 6.45) is 3.86. The highest BCUT2D eigenvalue weighted by Gasteiger charge is 2.38. The van der Waals surface area contributed by atoms with Crippen LogP contribution in [0.25, 0.3) is 0 Å².